The number of benzene rings is 1. The molecule has 0 saturated carbocycles. The number of hydrogen-bond acceptors (Lipinski definition) is 3. The summed E-state index contributed by atoms with van der Waals surface area (Å²) in [5.74, 6) is 0.0342. The first-order valence-corrected chi connectivity index (χ1v) is 7.10. The van der Waals surface area contributed by atoms with E-state index in [1.165, 1.54) is 0 Å². The number of nitrogens with zero attached hydrogens (tertiary/aromatic N) is 2. The maximum absolute atomic E-state index is 12.3. The lowest BCUT2D eigenvalue weighted by Gasteiger charge is -2.20. The van der Waals surface area contributed by atoms with E-state index in [4.69, 9.17) is 23.2 Å². The summed E-state index contributed by atoms with van der Waals surface area (Å²) in [5, 5.41) is 1.01. The minimum Gasteiger partial charge on any atom is -0.305 e. The van der Waals surface area contributed by atoms with Gasteiger partial charge in [0.25, 0.3) is 0 Å². The van der Waals surface area contributed by atoms with E-state index >= 15 is 0 Å². The zero-order chi connectivity index (χ0) is 14.0. The predicted octanol–water partition coefficient (Wildman–Crippen LogP) is 2.81. The number of likely N-dealkylation sites (tertiary alicyclic amines) is 1. The molecule has 0 aromatic heterocycles. The van der Waals surface area contributed by atoms with Crippen LogP contribution in [0.3, 0.4) is 0 Å². The van der Waals surface area contributed by atoms with Crippen LogP contribution < -0.4 is 0 Å². The molecule has 2 rings (SSSR count). The van der Waals surface area contributed by atoms with E-state index in [1.807, 2.05) is 0 Å². The van der Waals surface area contributed by atoms with E-state index in [-0.39, 0.29) is 5.78 Å². The largest absolute Gasteiger partial charge is 0.305 e. The van der Waals surface area contributed by atoms with Crippen molar-refractivity contribution in [3.05, 3.63) is 33.8 Å². The molecule has 1 unspecified atom stereocenters. The van der Waals surface area contributed by atoms with Gasteiger partial charge < -0.3 is 4.90 Å². The number of carbonyl (C=O) groups excluding carboxylic acids is 1. The van der Waals surface area contributed by atoms with Crippen LogP contribution in [-0.4, -0.2) is 55.4 Å². The Labute approximate surface area is 124 Å². The lowest BCUT2D eigenvalue weighted by molar-refractivity contribution is 0.0941. The molecule has 3 nitrogen and oxygen atoms in total. The van der Waals surface area contributed by atoms with E-state index in [0.29, 0.717) is 28.2 Å². The van der Waals surface area contributed by atoms with Crippen molar-refractivity contribution in [3.63, 3.8) is 0 Å². The summed E-state index contributed by atoms with van der Waals surface area (Å²) < 4.78 is 0. The van der Waals surface area contributed by atoms with Crippen LogP contribution in [0, 0.1) is 0 Å². The average molecular weight is 301 g/mol. The number of ketones is 1. The van der Waals surface area contributed by atoms with Gasteiger partial charge in [0.2, 0.25) is 0 Å². The zero-order valence-electron chi connectivity index (χ0n) is 11.2. The first kappa shape index (κ1) is 14.8. The summed E-state index contributed by atoms with van der Waals surface area (Å²) in [7, 11) is 4.15. The molecule has 5 heteroatoms. The summed E-state index contributed by atoms with van der Waals surface area (Å²) in [6.07, 6.45) is 1.10. The van der Waals surface area contributed by atoms with Crippen molar-refractivity contribution in [1.29, 1.82) is 0 Å². The minimum atomic E-state index is 0.0342. The van der Waals surface area contributed by atoms with Gasteiger partial charge in [0, 0.05) is 29.7 Å². The molecule has 0 bridgehead atoms. The third kappa shape index (κ3) is 3.69. The van der Waals surface area contributed by atoms with Crippen LogP contribution in [0.5, 0.6) is 0 Å². The Balaban J connectivity index is 2.00. The van der Waals surface area contributed by atoms with Crippen molar-refractivity contribution in [3.8, 4) is 0 Å². The summed E-state index contributed by atoms with van der Waals surface area (Å²) >= 11 is 12.0. The van der Waals surface area contributed by atoms with Gasteiger partial charge in [-0.1, -0.05) is 23.2 Å². The van der Waals surface area contributed by atoms with Gasteiger partial charge in [-0.2, -0.15) is 0 Å². The van der Waals surface area contributed by atoms with E-state index in [2.05, 4.69) is 23.9 Å². The molecule has 104 valence electrons. The topological polar surface area (TPSA) is 23.6 Å². The monoisotopic (exact) mass is 300 g/mol. The molecule has 0 amide bonds. The molecule has 1 heterocycles. The SMILES string of the molecule is CN(C)C1CCN(CC(=O)c2cc(Cl)ccc2Cl)C1. The first-order valence-electron chi connectivity index (χ1n) is 6.34. The third-order valence-corrected chi connectivity index (χ3v) is 4.14. The van der Waals surface area contributed by atoms with Crippen molar-refractivity contribution < 1.29 is 4.79 Å². The lowest BCUT2D eigenvalue weighted by atomic mass is 10.1. The molecule has 1 fully saturated rings. The van der Waals surface area contributed by atoms with E-state index < -0.39 is 0 Å². The maximum Gasteiger partial charge on any atom is 0.178 e. The van der Waals surface area contributed by atoms with Gasteiger partial charge in [-0.25, -0.2) is 0 Å². The molecular formula is C14H18Cl2N2O. The Kier molecular flexibility index (Phi) is 4.85. The molecule has 1 atom stereocenters. The van der Waals surface area contributed by atoms with Gasteiger partial charge in [-0.3, -0.25) is 9.69 Å². The summed E-state index contributed by atoms with van der Waals surface area (Å²) in [4.78, 5) is 16.6. The van der Waals surface area contributed by atoms with Crippen LogP contribution in [0.25, 0.3) is 0 Å². The Hall–Kier alpha value is -0.610. The van der Waals surface area contributed by atoms with Crippen molar-refractivity contribution in [1.82, 2.24) is 9.80 Å². The fraction of sp³-hybridized carbons (Fsp3) is 0.500. The van der Waals surface area contributed by atoms with Crippen LogP contribution in [0.15, 0.2) is 18.2 Å². The number of likely N-dealkylation sites (N-methyl/N-ethyl adjacent to an activating group) is 1. The maximum atomic E-state index is 12.3. The summed E-state index contributed by atoms with van der Waals surface area (Å²) in [5.41, 5.74) is 0.516. The van der Waals surface area contributed by atoms with Crippen molar-refractivity contribution in [2.24, 2.45) is 0 Å². The van der Waals surface area contributed by atoms with Gasteiger partial charge in [-0.05, 0) is 38.7 Å². The molecule has 19 heavy (non-hydrogen) atoms. The Morgan fingerprint density at radius 2 is 2.16 bits per heavy atom. The van der Waals surface area contributed by atoms with Crippen molar-refractivity contribution >= 4 is 29.0 Å². The van der Waals surface area contributed by atoms with Crippen LogP contribution in [0.4, 0.5) is 0 Å². The summed E-state index contributed by atoms with van der Waals surface area (Å²) in [6, 6.07) is 5.54. The third-order valence-electron chi connectivity index (χ3n) is 3.57. The average Bonchev–Trinajstić information content (AvgIpc) is 2.80. The Morgan fingerprint density at radius 1 is 1.42 bits per heavy atom. The molecule has 1 saturated heterocycles. The van der Waals surface area contributed by atoms with Crippen molar-refractivity contribution in [2.75, 3.05) is 33.7 Å². The molecule has 1 aliphatic heterocycles. The number of Topliss-reactive ketones (excluding diaryl/α,β-unsaturated/α-hetero) is 1. The van der Waals surface area contributed by atoms with Crippen molar-refractivity contribution in [2.45, 2.75) is 12.5 Å². The van der Waals surface area contributed by atoms with E-state index in [1.54, 1.807) is 18.2 Å². The van der Waals surface area contributed by atoms with Crippen LogP contribution in [0.2, 0.25) is 10.0 Å². The van der Waals surface area contributed by atoms with Gasteiger partial charge in [0.05, 0.1) is 11.6 Å². The van der Waals surface area contributed by atoms with Gasteiger partial charge in [-0.15, -0.1) is 0 Å². The quantitative estimate of drug-likeness (QED) is 0.799. The van der Waals surface area contributed by atoms with Gasteiger partial charge >= 0.3 is 0 Å². The number of halogens is 2. The number of carbonyl (C=O) groups is 1. The number of hydrogen-bond donors (Lipinski definition) is 0. The Bertz CT molecular complexity index is 477. The summed E-state index contributed by atoms with van der Waals surface area (Å²) in [6.45, 7) is 2.29. The first-order chi connectivity index (χ1) is 8.97. The molecule has 1 aliphatic rings. The van der Waals surface area contributed by atoms with E-state index in [9.17, 15) is 4.79 Å². The highest BCUT2D eigenvalue weighted by atomic mass is 35.5. The second-order valence-corrected chi connectivity index (χ2v) is 6.03. The van der Waals surface area contributed by atoms with Crippen LogP contribution >= 0.6 is 23.2 Å². The second kappa shape index (κ2) is 6.23. The highest BCUT2D eigenvalue weighted by Gasteiger charge is 2.26. The number of rotatable bonds is 4. The lowest BCUT2D eigenvalue weighted by Crippen LogP contribution is -2.33. The van der Waals surface area contributed by atoms with E-state index in [0.717, 1.165) is 19.5 Å². The van der Waals surface area contributed by atoms with Gasteiger partial charge in [0.15, 0.2) is 5.78 Å². The molecule has 0 N–H and O–H groups in total. The normalized spacial score (nSPS) is 20.2. The smallest absolute Gasteiger partial charge is 0.178 e. The fourth-order valence-corrected chi connectivity index (χ4v) is 2.77. The highest BCUT2D eigenvalue weighted by Crippen LogP contribution is 2.22. The minimum absolute atomic E-state index is 0.0342. The zero-order valence-corrected chi connectivity index (χ0v) is 12.7. The molecule has 0 aliphatic carbocycles. The molecule has 1 aromatic carbocycles. The fourth-order valence-electron chi connectivity index (χ4n) is 2.38. The molecular weight excluding hydrogens is 283 g/mol. The molecule has 1 aromatic rings. The Morgan fingerprint density at radius 3 is 2.79 bits per heavy atom. The highest BCUT2D eigenvalue weighted by molar-refractivity contribution is 6.36. The van der Waals surface area contributed by atoms with Crippen LogP contribution in [-0.2, 0) is 0 Å². The molecule has 0 spiro atoms. The predicted molar refractivity (Wildman–Crippen MR) is 79.3 cm³/mol. The second-order valence-electron chi connectivity index (χ2n) is 5.19. The standard InChI is InChI=1S/C14H18Cl2N2O/c1-17(2)11-5-6-18(8-11)9-14(19)12-7-10(15)3-4-13(12)16/h3-4,7,11H,5-6,8-9H2,1-2H3. The molecule has 0 radical (unpaired) electrons. The van der Waals surface area contributed by atoms with Gasteiger partial charge in [0.1, 0.15) is 0 Å². The van der Waals surface area contributed by atoms with Crippen LogP contribution in [0.1, 0.15) is 16.8 Å².